The van der Waals surface area contributed by atoms with E-state index in [-0.39, 0.29) is 18.0 Å². The summed E-state index contributed by atoms with van der Waals surface area (Å²) in [5.74, 6) is 1.68. The average Bonchev–Trinajstić information content (AvgIpc) is 3.47. The highest BCUT2D eigenvalue weighted by Crippen LogP contribution is 2.44. The minimum Gasteiger partial charge on any atom is -0.374 e. The molecule has 7 nitrogen and oxygen atoms in total. The quantitative estimate of drug-likeness (QED) is 0.883. The number of amides is 1. The van der Waals surface area contributed by atoms with Crippen LogP contribution in [0.5, 0.6) is 0 Å². The summed E-state index contributed by atoms with van der Waals surface area (Å²) in [6.45, 7) is 1.95. The van der Waals surface area contributed by atoms with Crippen LogP contribution in [0.15, 0.2) is 36.5 Å². The monoisotopic (exact) mass is 379 g/mol. The van der Waals surface area contributed by atoms with Crippen molar-refractivity contribution in [2.45, 2.75) is 57.0 Å². The first-order valence-corrected chi connectivity index (χ1v) is 10.0. The third kappa shape index (κ3) is 2.64. The highest BCUT2D eigenvalue weighted by Gasteiger charge is 2.43. The number of carbonyl (C=O) groups is 1. The maximum Gasteiger partial charge on any atom is 0.249 e. The molecule has 1 saturated heterocycles. The fourth-order valence-electron chi connectivity index (χ4n) is 4.54. The van der Waals surface area contributed by atoms with E-state index >= 15 is 0 Å². The van der Waals surface area contributed by atoms with Crippen LogP contribution >= 0.6 is 0 Å². The zero-order chi connectivity index (χ0) is 19.4. The number of pyridine rings is 2. The van der Waals surface area contributed by atoms with Gasteiger partial charge in [0.2, 0.25) is 5.91 Å². The fourth-order valence-corrected chi connectivity index (χ4v) is 4.54. The molecule has 3 atom stereocenters. The third-order valence-corrected chi connectivity index (χ3v) is 6.14. The molecular formula is C21H25N5O2. The largest absolute Gasteiger partial charge is 0.374 e. The number of likely N-dealkylation sites (N-methyl/N-ethyl adjacent to an activating group) is 1. The molecule has 2 fully saturated rings. The van der Waals surface area contributed by atoms with E-state index in [0.29, 0.717) is 12.5 Å². The van der Waals surface area contributed by atoms with E-state index in [4.69, 9.17) is 4.98 Å². The number of anilines is 3. The number of nitrogens with zero attached hydrogens (tertiary/aromatic N) is 5. The SMILES string of the molecule is CC1C(=O)N(C)c2ccc(N3C(O)CCC3c3ccccn3)nc2N1C1CC1. The van der Waals surface area contributed by atoms with Crippen LogP contribution in [0, 0.1) is 0 Å². The minimum absolute atomic E-state index is 0.00324. The van der Waals surface area contributed by atoms with Crippen molar-refractivity contribution < 1.29 is 9.90 Å². The molecule has 1 aliphatic carbocycles. The number of rotatable bonds is 3. The number of aromatic nitrogens is 2. The van der Waals surface area contributed by atoms with Gasteiger partial charge in [0, 0.05) is 19.3 Å². The van der Waals surface area contributed by atoms with Gasteiger partial charge < -0.3 is 19.8 Å². The van der Waals surface area contributed by atoms with Crippen LogP contribution in [-0.4, -0.2) is 46.3 Å². The maximum atomic E-state index is 12.7. The zero-order valence-corrected chi connectivity index (χ0v) is 16.2. The Bertz CT molecular complexity index is 901. The number of carbonyl (C=O) groups excluding carboxylic acids is 1. The lowest BCUT2D eigenvalue weighted by atomic mass is 10.1. The molecular weight excluding hydrogens is 354 g/mol. The average molecular weight is 379 g/mol. The fraction of sp³-hybridized carbons (Fsp3) is 0.476. The van der Waals surface area contributed by atoms with Crippen LogP contribution in [0.4, 0.5) is 17.3 Å². The molecule has 1 saturated carbocycles. The predicted octanol–water partition coefficient (Wildman–Crippen LogP) is 2.47. The van der Waals surface area contributed by atoms with Gasteiger partial charge in [0.15, 0.2) is 5.82 Å². The van der Waals surface area contributed by atoms with Crippen LogP contribution in [0.3, 0.4) is 0 Å². The number of hydrogen-bond donors (Lipinski definition) is 1. The Labute approximate surface area is 164 Å². The molecule has 146 valence electrons. The van der Waals surface area contributed by atoms with E-state index in [1.807, 2.05) is 49.2 Å². The second-order valence-electron chi connectivity index (χ2n) is 7.96. The lowest BCUT2D eigenvalue weighted by Gasteiger charge is -2.40. The lowest BCUT2D eigenvalue weighted by molar-refractivity contribution is -0.119. The van der Waals surface area contributed by atoms with Crippen molar-refractivity contribution in [3.05, 3.63) is 42.2 Å². The van der Waals surface area contributed by atoms with Crippen molar-refractivity contribution in [3.63, 3.8) is 0 Å². The van der Waals surface area contributed by atoms with Gasteiger partial charge in [0.25, 0.3) is 0 Å². The van der Waals surface area contributed by atoms with E-state index in [0.717, 1.165) is 42.3 Å². The van der Waals surface area contributed by atoms with E-state index in [1.54, 1.807) is 11.1 Å². The Hall–Kier alpha value is -2.67. The lowest BCUT2D eigenvalue weighted by Crippen LogP contribution is -2.52. The summed E-state index contributed by atoms with van der Waals surface area (Å²) in [6, 6.07) is 9.90. The second-order valence-corrected chi connectivity index (χ2v) is 7.96. The van der Waals surface area contributed by atoms with Crippen LogP contribution < -0.4 is 14.7 Å². The summed E-state index contributed by atoms with van der Waals surface area (Å²) in [5.41, 5.74) is 1.78. The van der Waals surface area contributed by atoms with Crippen LogP contribution in [0.2, 0.25) is 0 Å². The van der Waals surface area contributed by atoms with Crippen molar-refractivity contribution in [1.82, 2.24) is 9.97 Å². The molecule has 0 radical (unpaired) electrons. The third-order valence-electron chi connectivity index (χ3n) is 6.14. The molecule has 0 bridgehead atoms. The summed E-state index contributed by atoms with van der Waals surface area (Å²) in [7, 11) is 1.81. The van der Waals surface area contributed by atoms with Crippen molar-refractivity contribution in [1.29, 1.82) is 0 Å². The van der Waals surface area contributed by atoms with Gasteiger partial charge in [-0.2, -0.15) is 0 Å². The Balaban J connectivity index is 1.57. The molecule has 0 spiro atoms. The molecule has 7 heteroatoms. The highest BCUT2D eigenvalue weighted by atomic mass is 16.3. The van der Waals surface area contributed by atoms with Gasteiger partial charge >= 0.3 is 0 Å². The van der Waals surface area contributed by atoms with Crippen molar-refractivity contribution in [2.24, 2.45) is 0 Å². The summed E-state index contributed by atoms with van der Waals surface area (Å²) in [5, 5.41) is 10.7. The first-order chi connectivity index (χ1) is 13.6. The Kier molecular flexibility index (Phi) is 4.01. The van der Waals surface area contributed by atoms with Crippen molar-refractivity contribution in [2.75, 3.05) is 21.7 Å². The number of aliphatic hydroxyl groups is 1. The van der Waals surface area contributed by atoms with Gasteiger partial charge in [-0.1, -0.05) is 6.07 Å². The Morgan fingerprint density at radius 1 is 1.07 bits per heavy atom. The molecule has 1 amide bonds. The first kappa shape index (κ1) is 17.4. The topological polar surface area (TPSA) is 72.8 Å². The van der Waals surface area contributed by atoms with Gasteiger partial charge in [-0.15, -0.1) is 0 Å². The van der Waals surface area contributed by atoms with Crippen LogP contribution in [0.1, 0.15) is 44.3 Å². The summed E-state index contributed by atoms with van der Waals surface area (Å²) >= 11 is 0. The van der Waals surface area contributed by atoms with E-state index < -0.39 is 6.23 Å². The summed E-state index contributed by atoms with van der Waals surface area (Å²) < 4.78 is 0. The number of hydrogen-bond acceptors (Lipinski definition) is 6. The molecule has 3 aliphatic rings. The molecule has 2 aromatic rings. The summed E-state index contributed by atoms with van der Waals surface area (Å²) in [6.07, 6.45) is 4.90. The van der Waals surface area contributed by atoms with Gasteiger partial charge in [-0.3, -0.25) is 9.78 Å². The molecule has 5 rings (SSSR count). The Morgan fingerprint density at radius 2 is 1.89 bits per heavy atom. The van der Waals surface area contributed by atoms with E-state index in [2.05, 4.69) is 9.88 Å². The summed E-state index contributed by atoms with van der Waals surface area (Å²) in [4.78, 5) is 28.0. The normalized spacial score (nSPS) is 27.3. The molecule has 4 heterocycles. The van der Waals surface area contributed by atoms with E-state index in [9.17, 15) is 9.90 Å². The van der Waals surface area contributed by atoms with Crippen molar-refractivity contribution >= 4 is 23.2 Å². The maximum absolute atomic E-state index is 12.7. The van der Waals surface area contributed by atoms with Gasteiger partial charge in [0.05, 0.1) is 17.4 Å². The predicted molar refractivity (Wildman–Crippen MR) is 107 cm³/mol. The minimum atomic E-state index is -0.590. The molecule has 0 aromatic carbocycles. The second kappa shape index (κ2) is 6.44. The first-order valence-electron chi connectivity index (χ1n) is 10.0. The van der Waals surface area contributed by atoms with Crippen LogP contribution in [-0.2, 0) is 4.79 Å². The zero-order valence-electron chi connectivity index (χ0n) is 16.2. The van der Waals surface area contributed by atoms with Gasteiger partial charge in [0.1, 0.15) is 18.1 Å². The molecule has 2 aromatic heterocycles. The Morgan fingerprint density at radius 3 is 2.61 bits per heavy atom. The van der Waals surface area contributed by atoms with Gasteiger partial charge in [-0.25, -0.2) is 4.98 Å². The molecule has 1 N–H and O–H groups in total. The number of aliphatic hydroxyl groups excluding tert-OH is 1. The molecule has 28 heavy (non-hydrogen) atoms. The van der Waals surface area contributed by atoms with Gasteiger partial charge in [-0.05, 0) is 56.9 Å². The number of fused-ring (bicyclic) bond motifs is 1. The molecule has 3 unspecified atom stereocenters. The van der Waals surface area contributed by atoms with E-state index in [1.165, 1.54) is 0 Å². The molecule has 2 aliphatic heterocycles. The standard InChI is InChI=1S/C21H25N5O2/c1-13-21(28)24(2)17-8-10-18(23-20(17)25(13)14-6-7-14)26-16(9-11-19(26)27)15-5-3-4-12-22-15/h3-5,8,10,12-14,16,19,27H,6-7,9,11H2,1-2H3. The van der Waals surface area contributed by atoms with Crippen LogP contribution in [0.25, 0.3) is 0 Å². The van der Waals surface area contributed by atoms with Crippen molar-refractivity contribution in [3.8, 4) is 0 Å². The smallest absolute Gasteiger partial charge is 0.249 e. The highest BCUT2D eigenvalue weighted by molar-refractivity contribution is 6.04.